The van der Waals surface area contributed by atoms with Crippen molar-refractivity contribution in [3.63, 3.8) is 0 Å². The fourth-order valence-electron chi connectivity index (χ4n) is 3.17. The Labute approximate surface area is 245 Å². The van der Waals surface area contributed by atoms with Crippen LogP contribution in [0.1, 0.15) is 36.2 Å². The van der Waals surface area contributed by atoms with Crippen molar-refractivity contribution in [3.05, 3.63) is 89.6 Å². The second-order valence-corrected chi connectivity index (χ2v) is 9.51. The maximum Gasteiger partial charge on any atom is 1.00 e. The second kappa shape index (κ2) is 11.6. The molecule has 3 aromatic heterocycles. The summed E-state index contributed by atoms with van der Waals surface area (Å²) in [5.41, 5.74) is 2.77. The standard InChI is InChI=1S/C19H14N3OS.C7H10NO.K/c1-22-19-15(17(21-22)13-8-4-2-5-9-13)12-16(24-19)18(23)20-14-10-6-3-7-11-14;1-7(2,3)6-4-5-8-9-6;/h2,4-12H,1H3,(H,20,23);4H,1-3H3;/q2*-1;+1. The maximum atomic E-state index is 12.5. The zero-order valence-electron chi connectivity index (χ0n) is 19.9. The number of aromatic nitrogens is 3. The summed E-state index contributed by atoms with van der Waals surface area (Å²) >= 11 is 1.45. The van der Waals surface area contributed by atoms with E-state index in [1.807, 2.05) is 60.3 Å². The Kier molecular flexibility index (Phi) is 9.03. The van der Waals surface area contributed by atoms with Gasteiger partial charge in [-0.15, -0.1) is 29.7 Å². The van der Waals surface area contributed by atoms with Crippen LogP contribution in [-0.2, 0) is 12.5 Å². The van der Waals surface area contributed by atoms with Gasteiger partial charge in [0, 0.05) is 18.0 Å². The summed E-state index contributed by atoms with van der Waals surface area (Å²) in [4.78, 5) is 14.2. The van der Waals surface area contributed by atoms with Gasteiger partial charge in [-0.3, -0.25) is 9.48 Å². The molecule has 0 saturated heterocycles. The number of fused-ring (bicyclic) bond motifs is 1. The van der Waals surface area contributed by atoms with Gasteiger partial charge in [0.2, 0.25) is 0 Å². The molecule has 5 rings (SSSR count). The predicted octanol–water partition coefficient (Wildman–Crippen LogP) is 3.13. The van der Waals surface area contributed by atoms with Crippen LogP contribution in [0, 0.1) is 12.3 Å². The molecule has 0 spiro atoms. The number of aryl methyl sites for hydroxylation is 1. The maximum absolute atomic E-state index is 12.5. The van der Waals surface area contributed by atoms with Crippen LogP contribution in [0.3, 0.4) is 0 Å². The Bertz CT molecular complexity index is 1340. The summed E-state index contributed by atoms with van der Waals surface area (Å²) in [5.74, 6) is 0.768. The van der Waals surface area contributed by atoms with E-state index < -0.39 is 0 Å². The van der Waals surface area contributed by atoms with E-state index in [0.717, 1.165) is 32.9 Å². The third kappa shape index (κ3) is 6.32. The minimum absolute atomic E-state index is 0. The summed E-state index contributed by atoms with van der Waals surface area (Å²) < 4.78 is 6.72. The number of benzene rings is 2. The van der Waals surface area contributed by atoms with Gasteiger partial charge < -0.3 is 9.84 Å². The Balaban J connectivity index is 0.000000275. The fourth-order valence-corrected chi connectivity index (χ4v) is 4.13. The molecule has 0 aliphatic rings. The van der Waals surface area contributed by atoms with Gasteiger partial charge in [-0.25, -0.2) is 5.16 Å². The van der Waals surface area contributed by atoms with Gasteiger partial charge in [0.1, 0.15) is 10.5 Å². The van der Waals surface area contributed by atoms with Crippen molar-refractivity contribution in [1.82, 2.24) is 14.9 Å². The number of thiophene rings is 1. The van der Waals surface area contributed by atoms with Gasteiger partial charge >= 0.3 is 51.4 Å². The van der Waals surface area contributed by atoms with E-state index >= 15 is 0 Å². The quantitative estimate of drug-likeness (QED) is 0.308. The molecule has 1 N–H and O–H groups in total. The average molecular weight is 496 g/mol. The molecule has 5 aromatic rings. The van der Waals surface area contributed by atoms with Crippen LogP contribution in [0.15, 0.2) is 71.3 Å². The SMILES string of the molecule is CC(C)(C)c1c[c-]no1.Cn1nc(-c2ccccc2)c2cc(C(=O)Nc3cc[c-]cc3)sc21.[K+]. The first-order chi connectivity index (χ1) is 15.8. The van der Waals surface area contributed by atoms with Crippen LogP contribution in [0.5, 0.6) is 0 Å². The molecule has 168 valence electrons. The molecule has 6 nitrogen and oxygen atoms in total. The van der Waals surface area contributed by atoms with Crippen LogP contribution in [0.25, 0.3) is 21.5 Å². The molecule has 0 fully saturated rings. The van der Waals surface area contributed by atoms with Crippen molar-refractivity contribution in [2.45, 2.75) is 26.2 Å². The minimum atomic E-state index is -0.110. The number of nitrogens with zero attached hydrogens (tertiary/aromatic N) is 3. The number of carbonyl (C=O) groups is 1. The van der Waals surface area contributed by atoms with Crippen molar-refractivity contribution in [2.75, 3.05) is 5.32 Å². The predicted molar refractivity (Wildman–Crippen MR) is 131 cm³/mol. The third-order valence-electron chi connectivity index (χ3n) is 4.89. The van der Waals surface area contributed by atoms with Crippen molar-refractivity contribution >= 4 is 33.1 Å². The summed E-state index contributed by atoms with van der Waals surface area (Å²) in [5, 5.41) is 12.0. The summed E-state index contributed by atoms with van der Waals surface area (Å²) in [6, 6.07) is 23.8. The number of nitrogens with one attached hydrogen (secondary N) is 1. The van der Waals surface area contributed by atoms with Crippen molar-refractivity contribution in [1.29, 1.82) is 0 Å². The van der Waals surface area contributed by atoms with E-state index in [-0.39, 0.29) is 62.7 Å². The van der Waals surface area contributed by atoms with Crippen LogP contribution in [0.4, 0.5) is 5.69 Å². The molecule has 0 aliphatic heterocycles. The summed E-state index contributed by atoms with van der Waals surface area (Å²) in [6.45, 7) is 6.21. The average Bonchev–Trinajstić information content (AvgIpc) is 3.54. The topological polar surface area (TPSA) is 73.0 Å². The van der Waals surface area contributed by atoms with Crippen molar-refractivity contribution < 1.29 is 60.7 Å². The molecule has 0 bridgehead atoms. The first-order valence-electron chi connectivity index (χ1n) is 10.5. The smallest absolute Gasteiger partial charge is 0.470 e. The first kappa shape index (κ1) is 26.5. The fraction of sp³-hybridized carbons (Fsp3) is 0.192. The number of hydrogen-bond acceptors (Lipinski definition) is 5. The molecule has 0 unspecified atom stereocenters. The van der Waals surface area contributed by atoms with E-state index in [1.165, 1.54) is 11.3 Å². The largest absolute Gasteiger partial charge is 1.00 e. The molecule has 3 heterocycles. The zero-order valence-corrected chi connectivity index (χ0v) is 23.9. The molecule has 0 radical (unpaired) electrons. The number of anilines is 1. The van der Waals surface area contributed by atoms with Crippen LogP contribution >= 0.6 is 11.3 Å². The van der Waals surface area contributed by atoms with E-state index in [9.17, 15) is 4.79 Å². The van der Waals surface area contributed by atoms with E-state index in [4.69, 9.17) is 4.52 Å². The molecule has 1 amide bonds. The number of carbonyl (C=O) groups excluding carboxylic acids is 1. The molecule has 0 saturated carbocycles. The van der Waals surface area contributed by atoms with Crippen molar-refractivity contribution in [2.24, 2.45) is 7.05 Å². The molecule has 2 aromatic carbocycles. The van der Waals surface area contributed by atoms with Gasteiger partial charge in [0.05, 0.1) is 4.88 Å². The zero-order chi connectivity index (χ0) is 23.4. The summed E-state index contributed by atoms with van der Waals surface area (Å²) in [6.07, 6.45) is 2.62. The van der Waals surface area contributed by atoms with E-state index in [1.54, 1.807) is 18.2 Å². The van der Waals surface area contributed by atoms with E-state index in [2.05, 4.69) is 48.6 Å². The van der Waals surface area contributed by atoms with Gasteiger partial charge in [-0.05, 0) is 17.2 Å². The third-order valence-corrected chi connectivity index (χ3v) is 6.09. The summed E-state index contributed by atoms with van der Waals surface area (Å²) in [7, 11) is 1.90. The number of rotatable bonds is 3. The minimum Gasteiger partial charge on any atom is -0.470 e. The molecule has 0 atom stereocenters. The van der Waals surface area contributed by atoms with Gasteiger partial charge in [-0.2, -0.15) is 29.4 Å². The van der Waals surface area contributed by atoms with Gasteiger partial charge in [0.25, 0.3) is 5.91 Å². The second-order valence-electron chi connectivity index (χ2n) is 8.48. The molecular formula is C26H24KN4O2S-. The normalized spacial score (nSPS) is 10.8. The Morgan fingerprint density at radius 2 is 1.82 bits per heavy atom. The molecule has 34 heavy (non-hydrogen) atoms. The first-order valence-corrected chi connectivity index (χ1v) is 11.3. The van der Waals surface area contributed by atoms with Crippen molar-refractivity contribution in [3.8, 4) is 11.3 Å². The Morgan fingerprint density at radius 3 is 2.41 bits per heavy atom. The van der Waals surface area contributed by atoms with Crippen LogP contribution in [0.2, 0.25) is 0 Å². The molecular weight excluding hydrogens is 471 g/mol. The van der Waals surface area contributed by atoms with Gasteiger partial charge in [0.15, 0.2) is 0 Å². The van der Waals surface area contributed by atoms with Gasteiger partial charge in [-0.1, -0.05) is 56.8 Å². The number of amides is 1. The molecule has 8 heteroatoms. The van der Waals surface area contributed by atoms with E-state index in [0.29, 0.717) is 4.88 Å². The van der Waals surface area contributed by atoms with Crippen LogP contribution < -0.4 is 56.7 Å². The Morgan fingerprint density at radius 1 is 1.12 bits per heavy atom. The molecule has 0 aliphatic carbocycles. The van der Waals surface area contributed by atoms with Crippen LogP contribution in [-0.4, -0.2) is 20.8 Å². The number of hydrogen-bond donors (Lipinski definition) is 1. The Hall–Kier alpha value is -2.07. The monoisotopic (exact) mass is 495 g/mol.